The standard InChI is InChI=1S/C34H45N7O4S/c1-8-10-15-46(44,45)35-20-23(5)31-37-32-30(29(38-41(32)39-31)24-12-11-13-25(17-24)33(42)43)36-27-18-26-22(4)19-34(6,7)40(14-9-2)28(26)16-21(27)3/h11-13,16-18,22-23,35H,8-10,14-15,19-20H2,1-7H3,(H,42,43). The number of carbonyl (C=O) groups is 1. The third-order valence-corrected chi connectivity index (χ3v) is 10.3. The van der Waals surface area contributed by atoms with Crippen molar-refractivity contribution in [2.75, 3.05) is 23.7 Å². The smallest absolute Gasteiger partial charge is 0.335 e. The van der Waals surface area contributed by atoms with Crippen molar-refractivity contribution in [1.29, 1.82) is 0 Å². The van der Waals surface area contributed by atoms with E-state index in [4.69, 9.17) is 15.1 Å². The number of aliphatic imine (C=N–C) groups is 1. The average molecular weight is 648 g/mol. The van der Waals surface area contributed by atoms with Crippen molar-refractivity contribution in [3.05, 3.63) is 70.3 Å². The fraction of sp³-hybridized carbons (Fsp3) is 0.500. The topological polar surface area (TPSA) is 142 Å². The Bertz CT molecular complexity index is 1810. The maximum absolute atomic E-state index is 12.4. The number of nitrogens with zero attached hydrogens (tertiary/aromatic N) is 6. The lowest BCUT2D eigenvalue weighted by atomic mass is 9.79. The van der Waals surface area contributed by atoms with Crippen molar-refractivity contribution < 1.29 is 18.3 Å². The van der Waals surface area contributed by atoms with Crippen LogP contribution in [0.5, 0.6) is 0 Å². The summed E-state index contributed by atoms with van der Waals surface area (Å²) in [5, 5.41) is 19.0. The molecule has 2 unspecified atom stereocenters. The summed E-state index contributed by atoms with van der Waals surface area (Å²) >= 11 is 0. The van der Waals surface area contributed by atoms with Crippen LogP contribution in [0, 0.1) is 6.92 Å². The highest BCUT2D eigenvalue weighted by Crippen LogP contribution is 2.46. The fourth-order valence-corrected chi connectivity index (χ4v) is 7.67. The van der Waals surface area contributed by atoms with E-state index in [1.807, 2.05) is 13.8 Å². The van der Waals surface area contributed by atoms with Crippen LogP contribution in [0.4, 0.5) is 11.4 Å². The monoisotopic (exact) mass is 647 g/mol. The lowest BCUT2D eigenvalue weighted by Gasteiger charge is -2.48. The van der Waals surface area contributed by atoms with Gasteiger partial charge in [-0.1, -0.05) is 46.2 Å². The molecule has 3 aromatic rings. The average Bonchev–Trinajstić information content (AvgIpc) is 3.57. The number of aromatic carboxylic acids is 1. The number of sulfonamides is 1. The van der Waals surface area contributed by atoms with E-state index < -0.39 is 16.0 Å². The molecular formula is C34H45N7O4S. The number of rotatable bonds is 12. The second-order valence-electron chi connectivity index (χ2n) is 13.2. The molecule has 2 aliphatic rings. The number of unbranched alkanes of at least 4 members (excludes halogenated alkanes) is 1. The molecule has 0 aliphatic carbocycles. The number of benzene rings is 2. The predicted octanol–water partition coefficient (Wildman–Crippen LogP) is 6.00. The largest absolute Gasteiger partial charge is 0.478 e. The highest BCUT2D eigenvalue weighted by Gasteiger charge is 2.37. The van der Waals surface area contributed by atoms with Crippen LogP contribution in [-0.2, 0) is 10.0 Å². The van der Waals surface area contributed by atoms with E-state index in [0.29, 0.717) is 41.0 Å². The molecule has 0 amide bonds. The van der Waals surface area contributed by atoms with Gasteiger partial charge in [-0.15, -0.1) is 15.0 Å². The molecule has 0 saturated heterocycles. The molecule has 0 saturated carbocycles. The molecule has 2 atom stereocenters. The number of aromatic nitrogens is 3. The van der Waals surface area contributed by atoms with Gasteiger partial charge >= 0.3 is 5.97 Å². The second kappa shape index (κ2) is 13.1. The SMILES string of the molecule is CCCCS(=O)(=O)NCC(C)c1nc2n(n1)N=C(c1cccc(C(=O)O)c1)C2=Nc1cc2c(cc1C)N(CCC)C(C)(C)CC2C. The van der Waals surface area contributed by atoms with Gasteiger partial charge in [0.05, 0.1) is 17.0 Å². The summed E-state index contributed by atoms with van der Waals surface area (Å²) in [6, 6.07) is 11.0. The van der Waals surface area contributed by atoms with Crippen LogP contribution in [0.3, 0.4) is 0 Å². The Morgan fingerprint density at radius 2 is 1.96 bits per heavy atom. The molecular weight excluding hydrogens is 602 g/mol. The number of nitrogens with one attached hydrogen (secondary N) is 1. The van der Waals surface area contributed by atoms with Gasteiger partial charge < -0.3 is 10.0 Å². The van der Waals surface area contributed by atoms with Gasteiger partial charge in [0, 0.05) is 35.8 Å². The minimum Gasteiger partial charge on any atom is -0.478 e. The van der Waals surface area contributed by atoms with Crippen LogP contribution in [-0.4, -0.2) is 70.2 Å². The molecule has 2 aromatic carbocycles. The first-order chi connectivity index (χ1) is 21.7. The zero-order valence-corrected chi connectivity index (χ0v) is 28.6. The van der Waals surface area contributed by atoms with Crippen molar-refractivity contribution >= 4 is 38.8 Å². The van der Waals surface area contributed by atoms with Gasteiger partial charge in [-0.2, -0.15) is 0 Å². The molecule has 11 nitrogen and oxygen atoms in total. The molecule has 0 spiro atoms. The summed E-state index contributed by atoms with van der Waals surface area (Å²) in [4.78, 5) is 25.7. The van der Waals surface area contributed by atoms with E-state index in [2.05, 4.69) is 61.5 Å². The van der Waals surface area contributed by atoms with Gasteiger partial charge in [-0.3, -0.25) is 0 Å². The maximum atomic E-state index is 12.4. The van der Waals surface area contributed by atoms with Crippen molar-refractivity contribution in [2.24, 2.45) is 10.1 Å². The summed E-state index contributed by atoms with van der Waals surface area (Å²) in [5.41, 5.74) is 5.98. The number of carboxylic acids is 1. The third kappa shape index (κ3) is 6.78. The molecule has 1 aromatic heterocycles. The fourth-order valence-electron chi connectivity index (χ4n) is 6.35. The van der Waals surface area contributed by atoms with Crippen LogP contribution in [0.15, 0.2) is 46.5 Å². The number of hydrogen-bond donors (Lipinski definition) is 2. The lowest BCUT2D eigenvalue weighted by molar-refractivity contribution is 0.0697. The van der Waals surface area contributed by atoms with E-state index >= 15 is 0 Å². The van der Waals surface area contributed by atoms with Crippen LogP contribution in [0.25, 0.3) is 0 Å². The number of aryl methyl sites for hydroxylation is 1. The van der Waals surface area contributed by atoms with E-state index in [9.17, 15) is 18.3 Å². The molecule has 46 heavy (non-hydrogen) atoms. The number of anilines is 1. The maximum Gasteiger partial charge on any atom is 0.335 e. The highest BCUT2D eigenvalue weighted by atomic mass is 32.2. The molecule has 0 radical (unpaired) electrons. The number of fused-ring (bicyclic) bond motifs is 2. The lowest BCUT2D eigenvalue weighted by Crippen LogP contribution is -2.48. The van der Waals surface area contributed by atoms with Gasteiger partial charge in [-0.05, 0) is 81.3 Å². The molecule has 2 aliphatic heterocycles. The normalized spacial score (nSPS) is 18.8. The van der Waals surface area contributed by atoms with Gasteiger partial charge in [0.2, 0.25) is 15.8 Å². The summed E-state index contributed by atoms with van der Waals surface area (Å²) < 4.78 is 27.5. The Kier molecular flexibility index (Phi) is 9.51. The molecule has 246 valence electrons. The summed E-state index contributed by atoms with van der Waals surface area (Å²) in [5.74, 6) is -0.0777. The number of hydrogen-bond acceptors (Lipinski definition) is 8. The summed E-state index contributed by atoms with van der Waals surface area (Å²) in [6.07, 6.45) is 3.45. The Labute approximate surface area is 271 Å². The number of carboxylic acid groups (broad SMARTS) is 1. The first kappa shape index (κ1) is 33.5. The Morgan fingerprint density at radius 3 is 2.65 bits per heavy atom. The second-order valence-corrected chi connectivity index (χ2v) is 15.1. The summed E-state index contributed by atoms with van der Waals surface area (Å²) in [6.45, 7) is 16.1. The van der Waals surface area contributed by atoms with E-state index in [1.54, 1.807) is 18.2 Å². The molecule has 2 N–H and O–H groups in total. The highest BCUT2D eigenvalue weighted by molar-refractivity contribution is 7.89. The van der Waals surface area contributed by atoms with Gasteiger partial charge in [0.15, 0.2) is 5.82 Å². The molecule has 0 fully saturated rings. The van der Waals surface area contributed by atoms with Gasteiger partial charge in [0.1, 0.15) is 11.4 Å². The molecule has 5 rings (SSSR count). The van der Waals surface area contributed by atoms with Gasteiger partial charge in [0.25, 0.3) is 0 Å². The minimum absolute atomic E-state index is 0.0381. The van der Waals surface area contributed by atoms with Crippen molar-refractivity contribution in [3.63, 3.8) is 0 Å². The van der Waals surface area contributed by atoms with Crippen LogP contribution in [0.2, 0.25) is 0 Å². The van der Waals surface area contributed by atoms with Crippen LogP contribution >= 0.6 is 0 Å². The molecule has 3 heterocycles. The zero-order valence-electron chi connectivity index (χ0n) is 27.8. The van der Waals surface area contributed by atoms with Crippen LogP contribution in [0.1, 0.15) is 118 Å². The Balaban J connectivity index is 1.57. The van der Waals surface area contributed by atoms with E-state index in [1.165, 1.54) is 22.1 Å². The third-order valence-electron chi connectivity index (χ3n) is 8.82. The van der Waals surface area contributed by atoms with Gasteiger partial charge in [-0.25, -0.2) is 27.9 Å². The first-order valence-electron chi connectivity index (χ1n) is 16.1. The minimum atomic E-state index is -3.40. The Morgan fingerprint density at radius 1 is 1.20 bits per heavy atom. The van der Waals surface area contributed by atoms with Crippen molar-refractivity contribution in [1.82, 2.24) is 19.6 Å². The van der Waals surface area contributed by atoms with Crippen LogP contribution < -0.4 is 9.62 Å². The first-order valence-corrected chi connectivity index (χ1v) is 17.8. The summed E-state index contributed by atoms with van der Waals surface area (Å²) in [7, 11) is -3.40. The molecule has 0 bridgehead atoms. The quantitative estimate of drug-likeness (QED) is 0.246. The zero-order chi connectivity index (χ0) is 33.4. The Hall–Kier alpha value is -3.90. The predicted molar refractivity (Wildman–Crippen MR) is 183 cm³/mol. The van der Waals surface area contributed by atoms with Crippen molar-refractivity contribution in [2.45, 2.75) is 91.5 Å². The molecule has 12 heteroatoms. The van der Waals surface area contributed by atoms with Crippen molar-refractivity contribution in [3.8, 4) is 0 Å². The van der Waals surface area contributed by atoms with E-state index in [-0.39, 0.29) is 29.3 Å². The van der Waals surface area contributed by atoms with E-state index in [0.717, 1.165) is 37.1 Å².